The number of hydrogen-bond donors (Lipinski definition) is 0. The van der Waals surface area contributed by atoms with E-state index in [1.165, 1.54) is 6.92 Å². The van der Waals surface area contributed by atoms with Crippen LogP contribution in [0.2, 0.25) is 0 Å². The number of Topliss-reactive ketones (excluding diaryl/α,β-unsaturated/α-hetero) is 1. The average molecular weight is 190 g/mol. The minimum absolute atomic E-state index is 0.109. The Labute approximate surface area is 73.1 Å². The third-order valence-corrected chi connectivity index (χ3v) is 4.43. The number of carbonyl (C=O) groups excluding carboxylic acids is 1. The molecule has 4 heteroatoms. The summed E-state index contributed by atoms with van der Waals surface area (Å²) in [6, 6.07) is 0. The first kappa shape index (κ1) is 9.71. The van der Waals surface area contributed by atoms with Crippen LogP contribution in [0.3, 0.4) is 0 Å². The summed E-state index contributed by atoms with van der Waals surface area (Å²) in [5.41, 5.74) is -0.384. The minimum atomic E-state index is -2.84. The van der Waals surface area contributed by atoms with Crippen molar-refractivity contribution < 1.29 is 13.2 Å². The molecule has 0 radical (unpaired) electrons. The molecular formula is C8H14O3S. The van der Waals surface area contributed by atoms with Crippen LogP contribution < -0.4 is 0 Å². The zero-order chi connectivity index (χ0) is 9.41. The molecule has 1 aliphatic rings. The highest BCUT2D eigenvalue weighted by Gasteiger charge is 2.36. The standard InChI is InChI=1S/C8H14O3S/c1-7(9)8(2)3-5-12(10,11)6-4-8/h3-6H2,1-2H3. The molecule has 12 heavy (non-hydrogen) atoms. The van der Waals surface area contributed by atoms with Gasteiger partial charge in [0.05, 0.1) is 11.5 Å². The Bertz CT molecular complexity index is 275. The van der Waals surface area contributed by atoms with E-state index in [2.05, 4.69) is 0 Å². The van der Waals surface area contributed by atoms with Crippen molar-refractivity contribution >= 4 is 15.6 Å². The van der Waals surface area contributed by atoms with Gasteiger partial charge in [0.15, 0.2) is 0 Å². The van der Waals surface area contributed by atoms with E-state index in [0.717, 1.165) is 0 Å². The molecule has 0 unspecified atom stereocenters. The molecule has 1 saturated heterocycles. The van der Waals surface area contributed by atoms with Crippen LogP contribution in [0.1, 0.15) is 26.7 Å². The summed E-state index contributed by atoms with van der Waals surface area (Å²) in [7, 11) is -2.84. The van der Waals surface area contributed by atoms with Gasteiger partial charge in [-0.25, -0.2) is 8.42 Å². The van der Waals surface area contributed by atoms with E-state index in [1.807, 2.05) is 6.92 Å². The fourth-order valence-corrected chi connectivity index (χ4v) is 3.07. The Balaban J connectivity index is 2.74. The van der Waals surface area contributed by atoms with Crippen LogP contribution in [0.15, 0.2) is 0 Å². The lowest BCUT2D eigenvalue weighted by atomic mass is 9.81. The van der Waals surface area contributed by atoms with Gasteiger partial charge in [-0.05, 0) is 19.8 Å². The molecule has 3 nitrogen and oxygen atoms in total. The highest BCUT2D eigenvalue weighted by Crippen LogP contribution is 2.32. The zero-order valence-corrected chi connectivity index (χ0v) is 8.28. The Hall–Kier alpha value is -0.380. The van der Waals surface area contributed by atoms with Crippen LogP contribution in [0, 0.1) is 5.41 Å². The largest absolute Gasteiger partial charge is 0.299 e. The van der Waals surface area contributed by atoms with Gasteiger partial charge in [-0.2, -0.15) is 0 Å². The van der Waals surface area contributed by atoms with E-state index in [9.17, 15) is 13.2 Å². The van der Waals surface area contributed by atoms with Crippen molar-refractivity contribution in [1.82, 2.24) is 0 Å². The highest BCUT2D eigenvalue weighted by molar-refractivity contribution is 7.91. The van der Waals surface area contributed by atoms with Gasteiger partial charge in [0.1, 0.15) is 15.6 Å². The van der Waals surface area contributed by atoms with E-state index in [1.54, 1.807) is 0 Å². The van der Waals surface area contributed by atoms with Crippen LogP contribution in [-0.4, -0.2) is 25.7 Å². The SMILES string of the molecule is CC(=O)C1(C)CCS(=O)(=O)CC1. The molecule has 0 spiro atoms. The summed E-state index contributed by atoms with van der Waals surface area (Å²) in [4.78, 5) is 11.1. The Morgan fingerprint density at radius 3 is 2.00 bits per heavy atom. The maximum atomic E-state index is 11.1. The van der Waals surface area contributed by atoms with Crippen molar-refractivity contribution in [2.24, 2.45) is 5.41 Å². The van der Waals surface area contributed by atoms with Gasteiger partial charge in [0, 0.05) is 5.41 Å². The summed E-state index contributed by atoms with van der Waals surface area (Å²) in [6.45, 7) is 3.39. The molecule has 0 amide bonds. The van der Waals surface area contributed by atoms with Crippen molar-refractivity contribution in [3.8, 4) is 0 Å². The molecule has 1 aliphatic heterocycles. The second-order valence-corrected chi connectivity index (χ2v) is 6.07. The second kappa shape index (κ2) is 2.83. The molecule has 1 fully saturated rings. The van der Waals surface area contributed by atoms with Gasteiger partial charge >= 0.3 is 0 Å². The zero-order valence-electron chi connectivity index (χ0n) is 7.46. The molecule has 0 saturated carbocycles. The van der Waals surface area contributed by atoms with Crippen LogP contribution in [0.4, 0.5) is 0 Å². The molecule has 1 rings (SSSR count). The number of hydrogen-bond acceptors (Lipinski definition) is 3. The lowest BCUT2D eigenvalue weighted by molar-refractivity contribution is -0.126. The first-order valence-electron chi connectivity index (χ1n) is 4.07. The van der Waals surface area contributed by atoms with Crippen molar-refractivity contribution in [1.29, 1.82) is 0 Å². The van der Waals surface area contributed by atoms with Crippen molar-refractivity contribution in [3.63, 3.8) is 0 Å². The Kier molecular flexibility index (Phi) is 2.29. The molecule has 0 aromatic heterocycles. The maximum Gasteiger partial charge on any atom is 0.150 e. The molecule has 0 N–H and O–H groups in total. The highest BCUT2D eigenvalue weighted by atomic mass is 32.2. The molecule has 0 aromatic rings. The van der Waals surface area contributed by atoms with E-state index in [-0.39, 0.29) is 22.7 Å². The summed E-state index contributed by atoms with van der Waals surface area (Å²) < 4.78 is 22.1. The summed E-state index contributed by atoms with van der Waals surface area (Å²) in [6.07, 6.45) is 0.981. The lowest BCUT2D eigenvalue weighted by Crippen LogP contribution is -2.36. The van der Waals surface area contributed by atoms with Gasteiger partial charge < -0.3 is 0 Å². The van der Waals surface area contributed by atoms with E-state index in [4.69, 9.17) is 0 Å². The van der Waals surface area contributed by atoms with Crippen molar-refractivity contribution in [2.45, 2.75) is 26.7 Å². The molecule has 0 aliphatic carbocycles. The van der Waals surface area contributed by atoms with Crippen LogP contribution in [0.25, 0.3) is 0 Å². The molecule has 1 heterocycles. The smallest absolute Gasteiger partial charge is 0.150 e. The number of rotatable bonds is 1. The van der Waals surface area contributed by atoms with Crippen LogP contribution in [0.5, 0.6) is 0 Å². The van der Waals surface area contributed by atoms with Gasteiger partial charge in [-0.1, -0.05) is 6.92 Å². The summed E-state index contributed by atoms with van der Waals surface area (Å²) >= 11 is 0. The van der Waals surface area contributed by atoms with Crippen LogP contribution >= 0.6 is 0 Å². The number of ketones is 1. The molecular weight excluding hydrogens is 176 g/mol. The summed E-state index contributed by atoms with van der Waals surface area (Å²) in [5.74, 6) is 0.448. The monoisotopic (exact) mass is 190 g/mol. The predicted molar refractivity (Wildman–Crippen MR) is 46.7 cm³/mol. The van der Waals surface area contributed by atoms with Gasteiger partial charge in [0.2, 0.25) is 0 Å². The Morgan fingerprint density at radius 2 is 1.67 bits per heavy atom. The van der Waals surface area contributed by atoms with Crippen molar-refractivity contribution in [3.05, 3.63) is 0 Å². The summed E-state index contributed by atoms with van der Waals surface area (Å²) in [5, 5.41) is 0. The third-order valence-electron chi connectivity index (χ3n) is 2.78. The Morgan fingerprint density at radius 1 is 1.25 bits per heavy atom. The van der Waals surface area contributed by atoms with E-state index >= 15 is 0 Å². The fourth-order valence-electron chi connectivity index (χ4n) is 1.34. The first-order chi connectivity index (χ1) is 5.36. The van der Waals surface area contributed by atoms with E-state index < -0.39 is 9.84 Å². The van der Waals surface area contributed by atoms with Gasteiger partial charge in [-0.3, -0.25) is 4.79 Å². The van der Waals surface area contributed by atoms with Gasteiger partial charge in [-0.15, -0.1) is 0 Å². The quantitative estimate of drug-likeness (QED) is 0.614. The number of carbonyl (C=O) groups is 1. The predicted octanol–water partition coefficient (Wildman–Crippen LogP) is 0.790. The number of sulfone groups is 1. The molecule has 70 valence electrons. The minimum Gasteiger partial charge on any atom is -0.299 e. The van der Waals surface area contributed by atoms with Gasteiger partial charge in [0.25, 0.3) is 0 Å². The van der Waals surface area contributed by atoms with E-state index in [0.29, 0.717) is 12.8 Å². The normalized spacial score (nSPS) is 26.5. The second-order valence-electron chi connectivity index (χ2n) is 3.77. The lowest BCUT2D eigenvalue weighted by Gasteiger charge is -2.30. The molecule has 0 atom stereocenters. The molecule has 0 bridgehead atoms. The first-order valence-corrected chi connectivity index (χ1v) is 5.89. The van der Waals surface area contributed by atoms with Crippen LogP contribution in [-0.2, 0) is 14.6 Å². The third kappa shape index (κ3) is 1.86. The average Bonchev–Trinajstić information content (AvgIpc) is 1.96. The fraction of sp³-hybridized carbons (Fsp3) is 0.875. The maximum absolute atomic E-state index is 11.1. The van der Waals surface area contributed by atoms with Crippen molar-refractivity contribution in [2.75, 3.05) is 11.5 Å². The topological polar surface area (TPSA) is 51.2 Å². The molecule has 0 aromatic carbocycles.